The van der Waals surface area contributed by atoms with Gasteiger partial charge in [-0.15, -0.1) is 0 Å². The summed E-state index contributed by atoms with van der Waals surface area (Å²) in [5, 5.41) is 0.751. The van der Waals surface area contributed by atoms with Crippen molar-refractivity contribution in [3.8, 4) is 0 Å². The van der Waals surface area contributed by atoms with Gasteiger partial charge in [0.15, 0.2) is 0 Å². The lowest BCUT2D eigenvalue weighted by Gasteiger charge is -2.24. The minimum absolute atomic E-state index is 0.751. The average Bonchev–Trinajstić information content (AvgIpc) is 2.38. The Morgan fingerprint density at radius 2 is 1.89 bits per heavy atom. The smallest absolute Gasteiger partial charge is 0.0960 e. The second-order valence-corrected chi connectivity index (χ2v) is 5.47. The van der Waals surface area contributed by atoms with Crippen LogP contribution in [0.4, 0.5) is 11.4 Å². The van der Waals surface area contributed by atoms with Gasteiger partial charge in [0.05, 0.1) is 18.6 Å². The quantitative estimate of drug-likeness (QED) is 0.738. The van der Waals surface area contributed by atoms with Crippen LogP contribution in [-0.2, 0) is 6.54 Å². The predicted octanol–water partition coefficient (Wildman–Crippen LogP) is 4.78. The lowest BCUT2D eigenvalue weighted by atomic mass is 10.1. The first-order valence-corrected chi connectivity index (χ1v) is 6.74. The molecular weight excluding hydrogens is 312 g/mol. The zero-order valence-electron chi connectivity index (χ0n) is 9.48. The number of benzene rings is 2. The number of hydrogen-bond donors (Lipinski definition) is 0. The van der Waals surface area contributed by atoms with E-state index in [9.17, 15) is 0 Å². The van der Waals surface area contributed by atoms with Crippen LogP contribution in [0.2, 0.25) is 5.02 Å². The summed E-state index contributed by atoms with van der Waals surface area (Å²) in [6, 6.07) is 14.0. The van der Waals surface area contributed by atoms with Crippen LogP contribution in [0.5, 0.6) is 0 Å². The van der Waals surface area contributed by atoms with Crippen LogP contribution in [-0.4, -0.2) is 6.34 Å². The minimum Gasteiger partial charge on any atom is -0.328 e. The molecule has 0 radical (unpaired) electrons. The Balaban J connectivity index is 1.93. The molecule has 0 saturated heterocycles. The van der Waals surface area contributed by atoms with Crippen molar-refractivity contribution in [2.75, 3.05) is 4.90 Å². The zero-order valence-corrected chi connectivity index (χ0v) is 11.8. The lowest BCUT2D eigenvalue weighted by Crippen LogP contribution is -2.23. The van der Waals surface area contributed by atoms with Gasteiger partial charge in [-0.1, -0.05) is 27.5 Å². The van der Waals surface area contributed by atoms with E-state index in [-0.39, 0.29) is 0 Å². The Hall–Kier alpha value is -1.32. The first-order valence-electron chi connectivity index (χ1n) is 5.57. The van der Waals surface area contributed by atoms with E-state index in [1.165, 1.54) is 0 Å². The van der Waals surface area contributed by atoms with Crippen LogP contribution in [0, 0.1) is 0 Å². The summed E-state index contributed by atoms with van der Waals surface area (Å²) in [6.45, 7) is 0.793. The van der Waals surface area contributed by atoms with Gasteiger partial charge in [-0.25, -0.2) is 4.99 Å². The van der Waals surface area contributed by atoms with Gasteiger partial charge in [0.2, 0.25) is 0 Å². The summed E-state index contributed by atoms with van der Waals surface area (Å²) in [7, 11) is 0. The Morgan fingerprint density at radius 1 is 1.11 bits per heavy atom. The fourth-order valence-corrected chi connectivity index (χ4v) is 2.41. The summed E-state index contributed by atoms with van der Waals surface area (Å²) in [6.07, 6.45) is 1.86. The summed E-state index contributed by atoms with van der Waals surface area (Å²) in [5.41, 5.74) is 3.26. The minimum atomic E-state index is 0.751. The molecule has 0 N–H and O–H groups in total. The zero-order chi connectivity index (χ0) is 12.5. The fraction of sp³-hybridized carbons (Fsp3) is 0.0714. The highest BCUT2D eigenvalue weighted by molar-refractivity contribution is 9.10. The Labute approximate surface area is 119 Å². The molecule has 0 aromatic heterocycles. The third-order valence-electron chi connectivity index (χ3n) is 2.88. The fourth-order valence-electron chi connectivity index (χ4n) is 1.95. The van der Waals surface area contributed by atoms with E-state index in [0.29, 0.717) is 0 Å². The summed E-state index contributed by atoms with van der Waals surface area (Å²) < 4.78 is 1.07. The van der Waals surface area contributed by atoms with Crippen LogP contribution in [0.3, 0.4) is 0 Å². The molecule has 0 fully saturated rings. The number of rotatable bonds is 1. The van der Waals surface area contributed by atoms with Crippen molar-refractivity contribution in [3.05, 3.63) is 57.5 Å². The molecule has 0 unspecified atom stereocenters. The van der Waals surface area contributed by atoms with Gasteiger partial charge in [0.1, 0.15) is 0 Å². The number of fused-ring (bicyclic) bond motifs is 1. The molecule has 1 heterocycles. The highest BCUT2D eigenvalue weighted by Gasteiger charge is 2.13. The lowest BCUT2D eigenvalue weighted by molar-refractivity contribution is 0.996. The Kier molecular flexibility index (Phi) is 3.10. The molecule has 0 aliphatic carbocycles. The molecule has 2 aromatic rings. The van der Waals surface area contributed by atoms with Gasteiger partial charge in [0, 0.05) is 15.2 Å². The predicted molar refractivity (Wildman–Crippen MR) is 79.9 cm³/mol. The van der Waals surface area contributed by atoms with Crippen LogP contribution in [0.1, 0.15) is 5.56 Å². The second-order valence-electron chi connectivity index (χ2n) is 4.12. The van der Waals surface area contributed by atoms with E-state index in [0.717, 1.165) is 33.0 Å². The largest absolute Gasteiger partial charge is 0.328 e. The van der Waals surface area contributed by atoms with Gasteiger partial charge >= 0.3 is 0 Å². The third kappa shape index (κ3) is 2.28. The number of halogens is 2. The number of nitrogens with zero attached hydrogens (tertiary/aromatic N) is 2. The van der Waals surface area contributed by atoms with Gasteiger partial charge in [0.25, 0.3) is 0 Å². The summed E-state index contributed by atoms with van der Waals surface area (Å²) in [5.74, 6) is 0. The molecule has 90 valence electrons. The monoisotopic (exact) mass is 320 g/mol. The van der Waals surface area contributed by atoms with E-state index in [2.05, 4.69) is 38.0 Å². The van der Waals surface area contributed by atoms with Gasteiger partial charge in [-0.3, -0.25) is 0 Å². The molecule has 0 atom stereocenters. The molecule has 1 aliphatic rings. The SMILES string of the molecule is Clc1ccc2c(c1)CN(c1ccc(Br)cc1)C=N2. The molecule has 2 nitrogen and oxygen atoms in total. The molecule has 0 spiro atoms. The molecule has 4 heteroatoms. The van der Waals surface area contributed by atoms with Gasteiger partial charge in [-0.2, -0.15) is 0 Å². The van der Waals surface area contributed by atoms with Gasteiger partial charge in [-0.05, 0) is 48.0 Å². The number of anilines is 1. The first-order chi connectivity index (χ1) is 8.72. The van der Waals surface area contributed by atoms with E-state index >= 15 is 0 Å². The summed E-state index contributed by atoms with van der Waals surface area (Å²) >= 11 is 9.45. The number of aliphatic imine (C=N–C) groups is 1. The van der Waals surface area contributed by atoms with E-state index in [4.69, 9.17) is 11.6 Å². The number of hydrogen-bond acceptors (Lipinski definition) is 2. The summed E-state index contributed by atoms with van der Waals surface area (Å²) in [4.78, 5) is 6.55. The van der Waals surface area contributed by atoms with Crippen LogP contribution < -0.4 is 4.90 Å². The molecule has 18 heavy (non-hydrogen) atoms. The van der Waals surface area contributed by atoms with Crippen LogP contribution in [0.25, 0.3) is 0 Å². The van der Waals surface area contributed by atoms with Gasteiger partial charge < -0.3 is 4.90 Å². The maximum atomic E-state index is 6.01. The molecule has 1 aliphatic heterocycles. The molecule has 3 rings (SSSR count). The van der Waals surface area contributed by atoms with Crippen molar-refractivity contribution in [1.29, 1.82) is 0 Å². The van der Waals surface area contributed by atoms with E-state index in [1.807, 2.05) is 36.7 Å². The van der Waals surface area contributed by atoms with Crippen LogP contribution >= 0.6 is 27.5 Å². The standard InChI is InChI=1S/C14H10BrClN2/c15-11-1-4-13(5-2-11)18-8-10-7-12(16)3-6-14(10)17-9-18/h1-7,9H,8H2. The van der Waals surface area contributed by atoms with Crippen molar-refractivity contribution >= 4 is 45.2 Å². The second kappa shape index (κ2) is 4.75. The molecular formula is C14H10BrClN2. The average molecular weight is 322 g/mol. The van der Waals surface area contributed by atoms with E-state index < -0.39 is 0 Å². The molecule has 0 saturated carbocycles. The topological polar surface area (TPSA) is 15.6 Å². The van der Waals surface area contributed by atoms with Crippen molar-refractivity contribution in [2.24, 2.45) is 4.99 Å². The highest BCUT2D eigenvalue weighted by Crippen LogP contribution is 2.29. The molecule has 0 amide bonds. The van der Waals surface area contributed by atoms with E-state index in [1.54, 1.807) is 0 Å². The highest BCUT2D eigenvalue weighted by atomic mass is 79.9. The molecule has 0 bridgehead atoms. The first kappa shape index (κ1) is 11.8. The maximum absolute atomic E-state index is 6.01. The van der Waals surface area contributed by atoms with Crippen LogP contribution in [0.15, 0.2) is 51.9 Å². The van der Waals surface area contributed by atoms with Crippen molar-refractivity contribution in [2.45, 2.75) is 6.54 Å². The Bertz CT molecular complexity index is 608. The molecule has 2 aromatic carbocycles. The van der Waals surface area contributed by atoms with Crippen molar-refractivity contribution < 1.29 is 0 Å². The van der Waals surface area contributed by atoms with Crippen molar-refractivity contribution in [3.63, 3.8) is 0 Å². The Morgan fingerprint density at radius 3 is 2.67 bits per heavy atom. The van der Waals surface area contributed by atoms with Crippen molar-refractivity contribution in [1.82, 2.24) is 0 Å². The normalized spacial score (nSPS) is 13.6. The maximum Gasteiger partial charge on any atom is 0.0960 e. The third-order valence-corrected chi connectivity index (χ3v) is 3.64.